The summed E-state index contributed by atoms with van der Waals surface area (Å²) in [5.41, 5.74) is 2.32. The van der Waals surface area contributed by atoms with Gasteiger partial charge in [-0.15, -0.1) is 0 Å². The highest BCUT2D eigenvalue weighted by atomic mass is 16.5. The Morgan fingerprint density at radius 2 is 1.86 bits per heavy atom. The van der Waals surface area contributed by atoms with Crippen molar-refractivity contribution in [1.29, 1.82) is 0 Å². The quantitative estimate of drug-likeness (QED) is 0.601. The second-order valence-corrected chi connectivity index (χ2v) is 7.66. The standard InChI is InChI=1S/C23H25NO5/c1-14(2)11-24-12-18-19(28-13-24)7-6-16-9-17(23(25)29-22(16)18)15-5-8-20(26-3)21(10-15)27-4/h5-10,14H,11-13H2,1-4H3. The van der Waals surface area contributed by atoms with Crippen LogP contribution in [-0.2, 0) is 6.54 Å². The normalized spacial score (nSPS) is 14.0. The van der Waals surface area contributed by atoms with Crippen LogP contribution in [-0.4, -0.2) is 32.4 Å². The van der Waals surface area contributed by atoms with Crippen LogP contribution in [0, 0.1) is 5.92 Å². The number of nitrogens with zero attached hydrogens (tertiary/aromatic N) is 1. The average molecular weight is 395 g/mol. The van der Waals surface area contributed by atoms with Gasteiger partial charge < -0.3 is 18.6 Å². The minimum absolute atomic E-state index is 0.390. The van der Waals surface area contributed by atoms with Crippen LogP contribution >= 0.6 is 0 Å². The Labute approximate surface area is 169 Å². The molecular weight excluding hydrogens is 370 g/mol. The summed E-state index contributed by atoms with van der Waals surface area (Å²) in [6.07, 6.45) is 0. The molecule has 0 unspecified atom stereocenters. The molecule has 2 aromatic carbocycles. The molecule has 3 aromatic rings. The second kappa shape index (κ2) is 7.79. The molecule has 1 aromatic heterocycles. The molecule has 0 bridgehead atoms. The average Bonchev–Trinajstić information content (AvgIpc) is 2.72. The Morgan fingerprint density at radius 1 is 1.07 bits per heavy atom. The Kier molecular flexibility index (Phi) is 5.20. The van der Waals surface area contributed by atoms with Crippen LogP contribution in [0.1, 0.15) is 19.4 Å². The summed E-state index contributed by atoms with van der Waals surface area (Å²) >= 11 is 0. The lowest BCUT2D eigenvalue weighted by molar-refractivity contribution is 0.0848. The van der Waals surface area contributed by atoms with Gasteiger partial charge in [-0.25, -0.2) is 4.79 Å². The van der Waals surface area contributed by atoms with E-state index in [4.69, 9.17) is 18.6 Å². The smallest absolute Gasteiger partial charge is 0.344 e. The Balaban J connectivity index is 1.79. The number of fused-ring (bicyclic) bond motifs is 3. The van der Waals surface area contributed by atoms with Crippen molar-refractivity contribution in [2.24, 2.45) is 5.92 Å². The molecule has 4 rings (SSSR count). The second-order valence-electron chi connectivity index (χ2n) is 7.66. The molecule has 0 aliphatic carbocycles. The topological polar surface area (TPSA) is 61.1 Å². The fourth-order valence-electron chi connectivity index (χ4n) is 3.78. The van der Waals surface area contributed by atoms with Gasteiger partial charge in [0.2, 0.25) is 0 Å². The van der Waals surface area contributed by atoms with Gasteiger partial charge in [-0.05, 0) is 41.8 Å². The van der Waals surface area contributed by atoms with Gasteiger partial charge >= 0.3 is 5.63 Å². The molecule has 2 heterocycles. The van der Waals surface area contributed by atoms with E-state index >= 15 is 0 Å². The predicted octanol–water partition coefficient (Wildman–Crippen LogP) is 4.29. The van der Waals surface area contributed by atoms with Crippen molar-refractivity contribution in [2.45, 2.75) is 20.4 Å². The number of methoxy groups -OCH3 is 2. The third kappa shape index (κ3) is 3.68. The molecule has 0 fully saturated rings. The lowest BCUT2D eigenvalue weighted by Gasteiger charge is -2.30. The molecule has 0 saturated heterocycles. The first-order chi connectivity index (χ1) is 14.0. The predicted molar refractivity (Wildman–Crippen MR) is 112 cm³/mol. The molecule has 152 valence electrons. The highest BCUT2D eigenvalue weighted by Gasteiger charge is 2.22. The molecule has 0 amide bonds. The molecule has 29 heavy (non-hydrogen) atoms. The number of hydrogen-bond donors (Lipinski definition) is 0. The lowest BCUT2D eigenvalue weighted by atomic mass is 10.0. The number of rotatable bonds is 5. The zero-order valence-corrected chi connectivity index (χ0v) is 17.2. The molecule has 1 aliphatic rings. The molecule has 0 radical (unpaired) electrons. The molecule has 6 heteroatoms. The van der Waals surface area contributed by atoms with Gasteiger partial charge in [0, 0.05) is 18.5 Å². The Bertz CT molecular complexity index is 1100. The van der Waals surface area contributed by atoms with E-state index in [9.17, 15) is 4.79 Å². The van der Waals surface area contributed by atoms with E-state index in [1.165, 1.54) is 0 Å². The monoisotopic (exact) mass is 395 g/mol. The first kappa shape index (κ1) is 19.3. The summed E-state index contributed by atoms with van der Waals surface area (Å²) in [6, 6.07) is 11.1. The summed E-state index contributed by atoms with van der Waals surface area (Å²) in [4.78, 5) is 15.1. The van der Waals surface area contributed by atoms with Gasteiger partial charge in [-0.1, -0.05) is 19.9 Å². The van der Waals surface area contributed by atoms with Crippen molar-refractivity contribution < 1.29 is 18.6 Å². The summed E-state index contributed by atoms with van der Waals surface area (Å²) < 4.78 is 22.3. The maximum atomic E-state index is 12.8. The highest BCUT2D eigenvalue weighted by molar-refractivity contribution is 5.86. The molecule has 0 N–H and O–H groups in total. The maximum absolute atomic E-state index is 12.8. The first-order valence-electron chi connectivity index (χ1n) is 9.67. The van der Waals surface area contributed by atoms with E-state index in [1.807, 2.05) is 24.3 Å². The minimum Gasteiger partial charge on any atom is -0.493 e. The van der Waals surface area contributed by atoms with E-state index in [-0.39, 0.29) is 5.63 Å². The van der Waals surface area contributed by atoms with Gasteiger partial charge in [0.1, 0.15) is 18.1 Å². The van der Waals surface area contributed by atoms with Crippen LogP contribution in [0.3, 0.4) is 0 Å². The van der Waals surface area contributed by atoms with Crippen molar-refractivity contribution in [2.75, 3.05) is 27.5 Å². The van der Waals surface area contributed by atoms with Crippen LogP contribution < -0.4 is 19.8 Å². The number of benzene rings is 2. The fourth-order valence-corrected chi connectivity index (χ4v) is 3.78. The van der Waals surface area contributed by atoms with E-state index in [1.54, 1.807) is 26.4 Å². The Morgan fingerprint density at radius 3 is 2.59 bits per heavy atom. The zero-order valence-electron chi connectivity index (χ0n) is 17.2. The van der Waals surface area contributed by atoms with Crippen LogP contribution in [0.15, 0.2) is 45.6 Å². The summed E-state index contributed by atoms with van der Waals surface area (Å²) in [7, 11) is 3.15. The fraction of sp³-hybridized carbons (Fsp3) is 0.348. The molecule has 1 aliphatic heterocycles. The lowest BCUT2D eigenvalue weighted by Crippen LogP contribution is -2.34. The van der Waals surface area contributed by atoms with E-state index in [0.29, 0.717) is 47.4 Å². The van der Waals surface area contributed by atoms with Crippen molar-refractivity contribution >= 4 is 11.0 Å². The summed E-state index contributed by atoms with van der Waals surface area (Å²) in [5.74, 6) is 2.48. The van der Waals surface area contributed by atoms with Gasteiger partial charge in [0.25, 0.3) is 0 Å². The zero-order chi connectivity index (χ0) is 20.5. The number of ether oxygens (including phenoxy) is 3. The van der Waals surface area contributed by atoms with Gasteiger partial charge in [0.15, 0.2) is 11.5 Å². The van der Waals surface area contributed by atoms with Crippen molar-refractivity contribution in [3.63, 3.8) is 0 Å². The third-order valence-electron chi connectivity index (χ3n) is 5.06. The largest absolute Gasteiger partial charge is 0.493 e. The van der Waals surface area contributed by atoms with E-state index in [0.717, 1.165) is 23.2 Å². The maximum Gasteiger partial charge on any atom is 0.344 e. The summed E-state index contributed by atoms with van der Waals surface area (Å²) in [6.45, 7) is 6.51. The first-order valence-corrected chi connectivity index (χ1v) is 9.67. The highest BCUT2D eigenvalue weighted by Crippen LogP contribution is 2.35. The van der Waals surface area contributed by atoms with Gasteiger partial charge in [0.05, 0.1) is 25.3 Å². The SMILES string of the molecule is COc1ccc(-c2cc3ccc4c(c3oc2=O)CN(CC(C)C)CO4)cc1OC. The Hall–Kier alpha value is -2.99. The minimum atomic E-state index is -0.390. The van der Waals surface area contributed by atoms with Crippen LogP contribution in [0.2, 0.25) is 0 Å². The number of hydrogen-bond acceptors (Lipinski definition) is 6. The molecule has 0 atom stereocenters. The van der Waals surface area contributed by atoms with Gasteiger partial charge in [-0.3, -0.25) is 4.90 Å². The molecule has 6 nitrogen and oxygen atoms in total. The van der Waals surface area contributed by atoms with Crippen molar-refractivity contribution in [3.05, 3.63) is 52.4 Å². The van der Waals surface area contributed by atoms with Crippen LogP contribution in [0.25, 0.3) is 22.1 Å². The van der Waals surface area contributed by atoms with Crippen molar-refractivity contribution in [3.8, 4) is 28.4 Å². The van der Waals surface area contributed by atoms with Crippen LogP contribution in [0.5, 0.6) is 17.2 Å². The van der Waals surface area contributed by atoms with Crippen molar-refractivity contribution in [1.82, 2.24) is 4.90 Å². The van der Waals surface area contributed by atoms with Gasteiger partial charge in [-0.2, -0.15) is 0 Å². The van der Waals surface area contributed by atoms with Crippen LogP contribution in [0.4, 0.5) is 0 Å². The third-order valence-corrected chi connectivity index (χ3v) is 5.06. The van der Waals surface area contributed by atoms with E-state index < -0.39 is 0 Å². The molecule has 0 saturated carbocycles. The molecule has 0 spiro atoms. The molecular formula is C23H25NO5. The summed E-state index contributed by atoms with van der Waals surface area (Å²) in [5, 5.41) is 0.864. The van der Waals surface area contributed by atoms with E-state index in [2.05, 4.69) is 18.7 Å².